The van der Waals surface area contributed by atoms with Gasteiger partial charge in [-0.15, -0.1) is 0 Å². The van der Waals surface area contributed by atoms with Crippen LogP contribution in [0.5, 0.6) is 0 Å². The van der Waals surface area contributed by atoms with Crippen molar-refractivity contribution in [3.05, 3.63) is 58.7 Å². The molecule has 0 atom stereocenters. The standard InChI is InChI=1S/C21H25N3OS/c1-14-10-11-18-19(16(14)3)22-21(26-18)24(13-12-23(4)5)20(25)17-9-7-6-8-15(17)2/h6-11H,12-13H2,1-5H3/p+1. The quantitative estimate of drug-likeness (QED) is 0.752. The second kappa shape index (κ2) is 7.56. The minimum absolute atomic E-state index is 0.0257. The van der Waals surface area contributed by atoms with Crippen LogP contribution in [0.3, 0.4) is 0 Å². The Bertz CT molecular complexity index is 946. The summed E-state index contributed by atoms with van der Waals surface area (Å²) in [6.45, 7) is 7.69. The van der Waals surface area contributed by atoms with Gasteiger partial charge in [-0.1, -0.05) is 35.6 Å². The predicted octanol–water partition coefficient (Wildman–Crippen LogP) is 3.01. The average molecular weight is 369 g/mol. The fourth-order valence-corrected chi connectivity index (χ4v) is 3.96. The molecular formula is C21H26N3OS+. The number of likely N-dealkylation sites (N-methyl/N-ethyl adjacent to an activating group) is 1. The van der Waals surface area contributed by atoms with Crippen LogP contribution in [0.15, 0.2) is 36.4 Å². The van der Waals surface area contributed by atoms with Crippen LogP contribution < -0.4 is 9.80 Å². The first-order valence-corrected chi connectivity index (χ1v) is 9.73. The van der Waals surface area contributed by atoms with Gasteiger partial charge in [0, 0.05) is 5.56 Å². The first-order chi connectivity index (χ1) is 12.4. The number of aromatic nitrogens is 1. The van der Waals surface area contributed by atoms with Gasteiger partial charge in [0.25, 0.3) is 5.91 Å². The highest BCUT2D eigenvalue weighted by Crippen LogP contribution is 2.32. The molecule has 0 bridgehead atoms. The molecule has 136 valence electrons. The fraction of sp³-hybridized carbons (Fsp3) is 0.333. The van der Waals surface area contributed by atoms with Gasteiger partial charge >= 0.3 is 0 Å². The normalized spacial score (nSPS) is 11.3. The van der Waals surface area contributed by atoms with Gasteiger partial charge < -0.3 is 4.90 Å². The first kappa shape index (κ1) is 18.5. The number of quaternary nitrogens is 1. The third kappa shape index (κ3) is 3.64. The van der Waals surface area contributed by atoms with E-state index in [0.29, 0.717) is 6.54 Å². The molecular weight excluding hydrogens is 342 g/mol. The Balaban J connectivity index is 2.05. The van der Waals surface area contributed by atoms with E-state index in [2.05, 4.69) is 40.1 Å². The van der Waals surface area contributed by atoms with Crippen LogP contribution in [-0.4, -0.2) is 38.1 Å². The lowest BCUT2D eigenvalue weighted by molar-refractivity contribution is -0.856. The summed E-state index contributed by atoms with van der Waals surface area (Å²) in [5.41, 5.74) is 5.15. The molecule has 0 fully saturated rings. The van der Waals surface area contributed by atoms with Gasteiger partial charge in [0.1, 0.15) is 0 Å². The third-order valence-electron chi connectivity index (χ3n) is 4.76. The number of hydrogen-bond acceptors (Lipinski definition) is 3. The van der Waals surface area contributed by atoms with E-state index in [1.54, 1.807) is 11.3 Å². The Morgan fingerprint density at radius 1 is 1.08 bits per heavy atom. The van der Waals surface area contributed by atoms with Crippen molar-refractivity contribution in [3.63, 3.8) is 0 Å². The molecule has 3 rings (SSSR count). The van der Waals surface area contributed by atoms with Crippen LogP contribution in [0.2, 0.25) is 0 Å². The van der Waals surface area contributed by atoms with Crippen molar-refractivity contribution in [1.29, 1.82) is 0 Å². The Kier molecular flexibility index (Phi) is 5.39. The predicted molar refractivity (Wildman–Crippen MR) is 110 cm³/mol. The molecule has 0 aliphatic heterocycles. The third-order valence-corrected chi connectivity index (χ3v) is 5.80. The lowest BCUT2D eigenvalue weighted by atomic mass is 10.1. The zero-order chi connectivity index (χ0) is 18.8. The van der Waals surface area contributed by atoms with Crippen LogP contribution in [0.4, 0.5) is 5.13 Å². The molecule has 1 amide bonds. The van der Waals surface area contributed by atoms with Crippen molar-refractivity contribution in [2.24, 2.45) is 0 Å². The SMILES string of the molecule is Cc1ccccc1C(=O)N(CC[NH+](C)C)c1nc2c(C)c(C)ccc2s1. The van der Waals surface area contributed by atoms with E-state index in [9.17, 15) is 4.79 Å². The van der Waals surface area contributed by atoms with Crippen LogP contribution in [0.25, 0.3) is 10.2 Å². The molecule has 1 heterocycles. The Morgan fingerprint density at radius 2 is 1.81 bits per heavy atom. The Morgan fingerprint density at radius 3 is 2.50 bits per heavy atom. The summed E-state index contributed by atoms with van der Waals surface area (Å²) in [7, 11) is 4.20. The molecule has 0 spiro atoms. The van der Waals surface area contributed by atoms with Gasteiger partial charge in [-0.05, 0) is 49.6 Å². The van der Waals surface area contributed by atoms with E-state index in [1.807, 2.05) is 36.1 Å². The maximum atomic E-state index is 13.3. The van der Waals surface area contributed by atoms with Crippen LogP contribution >= 0.6 is 11.3 Å². The van der Waals surface area contributed by atoms with Crippen molar-refractivity contribution >= 4 is 32.6 Å². The molecule has 0 unspecified atom stereocenters. The van der Waals surface area contributed by atoms with Gasteiger partial charge in [0.2, 0.25) is 0 Å². The zero-order valence-corrected chi connectivity index (χ0v) is 16.9. The average Bonchev–Trinajstić information content (AvgIpc) is 3.03. The number of fused-ring (bicyclic) bond motifs is 1. The topological polar surface area (TPSA) is 37.6 Å². The number of thiazole rings is 1. The van der Waals surface area contributed by atoms with Crippen LogP contribution in [0.1, 0.15) is 27.0 Å². The number of rotatable bonds is 5. The molecule has 0 radical (unpaired) electrons. The maximum Gasteiger partial charge on any atom is 0.260 e. The molecule has 0 saturated heterocycles. The van der Waals surface area contributed by atoms with Gasteiger partial charge in [-0.2, -0.15) is 0 Å². The number of nitrogens with zero attached hydrogens (tertiary/aromatic N) is 2. The lowest BCUT2D eigenvalue weighted by Gasteiger charge is -2.21. The molecule has 4 nitrogen and oxygen atoms in total. The molecule has 0 aliphatic carbocycles. The lowest BCUT2D eigenvalue weighted by Crippen LogP contribution is -3.06. The highest BCUT2D eigenvalue weighted by Gasteiger charge is 2.23. The second-order valence-electron chi connectivity index (χ2n) is 7.08. The number of carbonyl (C=O) groups excluding carboxylic acids is 1. The summed E-state index contributed by atoms with van der Waals surface area (Å²) in [5, 5.41) is 0.781. The first-order valence-electron chi connectivity index (χ1n) is 8.91. The number of hydrogen-bond donors (Lipinski definition) is 1. The van der Waals surface area contributed by atoms with E-state index in [4.69, 9.17) is 4.98 Å². The highest BCUT2D eigenvalue weighted by molar-refractivity contribution is 7.22. The van der Waals surface area contributed by atoms with E-state index in [0.717, 1.165) is 33.0 Å². The Hall–Kier alpha value is -2.24. The minimum atomic E-state index is 0.0257. The second-order valence-corrected chi connectivity index (χ2v) is 8.09. The largest absolute Gasteiger partial charge is 0.338 e. The van der Waals surface area contributed by atoms with Crippen molar-refractivity contribution in [3.8, 4) is 0 Å². The smallest absolute Gasteiger partial charge is 0.260 e. The molecule has 0 aliphatic rings. The molecule has 26 heavy (non-hydrogen) atoms. The number of amides is 1. The van der Waals surface area contributed by atoms with E-state index in [-0.39, 0.29) is 5.91 Å². The van der Waals surface area contributed by atoms with Crippen molar-refractivity contribution in [2.45, 2.75) is 20.8 Å². The molecule has 0 saturated carbocycles. The zero-order valence-electron chi connectivity index (χ0n) is 16.1. The Labute approximate surface area is 159 Å². The summed E-state index contributed by atoms with van der Waals surface area (Å²) in [4.78, 5) is 21.3. The van der Waals surface area contributed by atoms with Crippen LogP contribution in [0, 0.1) is 20.8 Å². The van der Waals surface area contributed by atoms with Crippen molar-refractivity contribution in [1.82, 2.24) is 4.98 Å². The minimum Gasteiger partial charge on any atom is -0.338 e. The van der Waals surface area contributed by atoms with Crippen molar-refractivity contribution in [2.75, 3.05) is 32.1 Å². The summed E-state index contributed by atoms with van der Waals surface area (Å²) in [6, 6.07) is 12.0. The maximum absolute atomic E-state index is 13.3. The molecule has 2 aromatic carbocycles. The monoisotopic (exact) mass is 368 g/mol. The number of benzene rings is 2. The summed E-state index contributed by atoms with van der Waals surface area (Å²) in [5.74, 6) is 0.0257. The summed E-state index contributed by atoms with van der Waals surface area (Å²) < 4.78 is 1.13. The molecule has 1 aromatic heterocycles. The van der Waals surface area contributed by atoms with E-state index in [1.165, 1.54) is 16.0 Å². The number of aryl methyl sites for hydroxylation is 3. The molecule has 5 heteroatoms. The highest BCUT2D eigenvalue weighted by atomic mass is 32.1. The summed E-state index contributed by atoms with van der Waals surface area (Å²) in [6.07, 6.45) is 0. The van der Waals surface area contributed by atoms with Gasteiger partial charge in [0.05, 0.1) is 37.4 Å². The van der Waals surface area contributed by atoms with E-state index >= 15 is 0 Å². The fourth-order valence-electron chi connectivity index (χ4n) is 2.91. The summed E-state index contributed by atoms with van der Waals surface area (Å²) >= 11 is 1.59. The van der Waals surface area contributed by atoms with Gasteiger partial charge in [0.15, 0.2) is 5.13 Å². The van der Waals surface area contributed by atoms with Crippen molar-refractivity contribution < 1.29 is 9.69 Å². The van der Waals surface area contributed by atoms with Crippen LogP contribution in [-0.2, 0) is 0 Å². The molecule has 1 N–H and O–H groups in total. The number of anilines is 1. The molecule has 3 aromatic rings. The number of nitrogens with one attached hydrogen (secondary N) is 1. The van der Waals surface area contributed by atoms with E-state index < -0.39 is 0 Å². The van der Waals surface area contributed by atoms with Gasteiger partial charge in [-0.25, -0.2) is 4.98 Å². The number of carbonyl (C=O) groups is 1. The van der Waals surface area contributed by atoms with Gasteiger partial charge in [-0.3, -0.25) is 9.69 Å².